The third-order valence-corrected chi connectivity index (χ3v) is 5.68. The van der Waals surface area contributed by atoms with E-state index < -0.39 is 10.2 Å². The Bertz CT molecular complexity index is 409. The molecule has 0 bridgehead atoms. The van der Waals surface area contributed by atoms with Crippen LogP contribution >= 0.6 is 0 Å². The number of nitrogens with one attached hydrogen (secondary N) is 1. The summed E-state index contributed by atoms with van der Waals surface area (Å²) in [5.41, 5.74) is 0. The maximum Gasteiger partial charge on any atom is 0.308 e. The standard InChI is InChI=1S/C12H22N2O4S/c1-18-12(15)10-6-8-14(9-7-10)19(16,17)13-11-4-2-3-5-11/h10-11,13H,2-9H2,1H3. The van der Waals surface area contributed by atoms with E-state index in [2.05, 4.69) is 4.72 Å². The summed E-state index contributed by atoms with van der Waals surface area (Å²) < 4.78 is 33.3. The summed E-state index contributed by atoms with van der Waals surface area (Å²) in [6, 6.07) is 0.0864. The highest BCUT2D eigenvalue weighted by Gasteiger charge is 2.33. The lowest BCUT2D eigenvalue weighted by Gasteiger charge is -2.30. The van der Waals surface area contributed by atoms with Gasteiger partial charge in [-0.25, -0.2) is 0 Å². The van der Waals surface area contributed by atoms with Crippen LogP contribution in [0.4, 0.5) is 0 Å². The predicted molar refractivity (Wildman–Crippen MR) is 70.6 cm³/mol. The first-order valence-corrected chi connectivity index (χ1v) is 8.32. The lowest BCUT2D eigenvalue weighted by Crippen LogP contribution is -2.48. The molecule has 1 heterocycles. The van der Waals surface area contributed by atoms with E-state index in [-0.39, 0.29) is 17.9 Å². The first-order chi connectivity index (χ1) is 9.03. The quantitative estimate of drug-likeness (QED) is 0.771. The lowest BCUT2D eigenvalue weighted by molar-refractivity contribution is -0.146. The van der Waals surface area contributed by atoms with Crippen LogP contribution in [-0.2, 0) is 19.7 Å². The average Bonchev–Trinajstić information content (AvgIpc) is 2.90. The van der Waals surface area contributed by atoms with E-state index >= 15 is 0 Å². The molecule has 0 aromatic rings. The second kappa shape index (κ2) is 6.19. The van der Waals surface area contributed by atoms with Crippen molar-refractivity contribution in [2.45, 2.75) is 44.6 Å². The van der Waals surface area contributed by atoms with Gasteiger partial charge in [0.25, 0.3) is 10.2 Å². The largest absolute Gasteiger partial charge is 0.469 e. The van der Waals surface area contributed by atoms with Crippen LogP contribution < -0.4 is 4.72 Å². The summed E-state index contributed by atoms with van der Waals surface area (Å²) >= 11 is 0. The van der Waals surface area contributed by atoms with Crippen LogP contribution in [0.15, 0.2) is 0 Å². The molecule has 1 saturated heterocycles. The van der Waals surface area contributed by atoms with Crippen molar-refractivity contribution in [3.05, 3.63) is 0 Å². The number of carbonyl (C=O) groups is 1. The number of ether oxygens (including phenoxy) is 1. The van der Waals surface area contributed by atoms with Gasteiger partial charge in [0.1, 0.15) is 0 Å². The van der Waals surface area contributed by atoms with Gasteiger partial charge >= 0.3 is 5.97 Å². The topological polar surface area (TPSA) is 75.7 Å². The SMILES string of the molecule is COC(=O)C1CCN(S(=O)(=O)NC2CCCC2)CC1. The van der Waals surface area contributed by atoms with E-state index in [0.717, 1.165) is 25.7 Å². The van der Waals surface area contributed by atoms with Crippen molar-refractivity contribution < 1.29 is 17.9 Å². The summed E-state index contributed by atoms with van der Waals surface area (Å²) in [7, 11) is -2.02. The Hall–Kier alpha value is -0.660. The van der Waals surface area contributed by atoms with Gasteiger partial charge in [0.15, 0.2) is 0 Å². The molecule has 110 valence electrons. The molecular formula is C12H22N2O4S. The third kappa shape index (κ3) is 3.67. The summed E-state index contributed by atoms with van der Waals surface area (Å²) in [5, 5.41) is 0. The lowest BCUT2D eigenvalue weighted by atomic mass is 9.99. The number of rotatable bonds is 4. The maximum absolute atomic E-state index is 12.2. The van der Waals surface area contributed by atoms with Gasteiger partial charge in [-0.15, -0.1) is 0 Å². The van der Waals surface area contributed by atoms with Crippen molar-refractivity contribution in [3.63, 3.8) is 0 Å². The van der Waals surface area contributed by atoms with Crippen LogP contribution in [0.25, 0.3) is 0 Å². The highest BCUT2D eigenvalue weighted by atomic mass is 32.2. The van der Waals surface area contributed by atoms with Crippen molar-refractivity contribution in [1.29, 1.82) is 0 Å². The minimum atomic E-state index is -3.39. The van der Waals surface area contributed by atoms with Crippen LogP contribution in [0.5, 0.6) is 0 Å². The number of hydrogen-bond acceptors (Lipinski definition) is 4. The third-order valence-electron chi connectivity index (χ3n) is 4.00. The molecule has 2 aliphatic rings. The first kappa shape index (κ1) is 14.7. The Balaban J connectivity index is 1.87. The molecular weight excluding hydrogens is 268 g/mol. The van der Waals surface area contributed by atoms with E-state index in [4.69, 9.17) is 4.74 Å². The minimum Gasteiger partial charge on any atom is -0.469 e. The van der Waals surface area contributed by atoms with Crippen molar-refractivity contribution in [2.24, 2.45) is 5.92 Å². The number of nitrogens with zero attached hydrogens (tertiary/aromatic N) is 1. The highest BCUT2D eigenvalue weighted by molar-refractivity contribution is 7.87. The summed E-state index contributed by atoms with van der Waals surface area (Å²) in [4.78, 5) is 11.4. The highest BCUT2D eigenvalue weighted by Crippen LogP contribution is 2.22. The normalized spacial score (nSPS) is 23.6. The fourth-order valence-electron chi connectivity index (χ4n) is 2.83. The molecule has 0 unspecified atom stereocenters. The van der Waals surface area contributed by atoms with Crippen LogP contribution in [0.2, 0.25) is 0 Å². The summed E-state index contributed by atoms with van der Waals surface area (Å²) in [6.45, 7) is 0.781. The molecule has 0 aromatic carbocycles. The molecule has 19 heavy (non-hydrogen) atoms. The van der Waals surface area contributed by atoms with Crippen molar-refractivity contribution in [3.8, 4) is 0 Å². The molecule has 0 radical (unpaired) electrons. The van der Waals surface area contributed by atoms with Crippen LogP contribution in [0, 0.1) is 5.92 Å². The number of piperidine rings is 1. The first-order valence-electron chi connectivity index (χ1n) is 6.88. The Morgan fingerprint density at radius 2 is 1.74 bits per heavy atom. The smallest absolute Gasteiger partial charge is 0.308 e. The zero-order valence-corrected chi connectivity index (χ0v) is 12.1. The van der Waals surface area contributed by atoms with E-state index in [1.54, 1.807) is 0 Å². The maximum atomic E-state index is 12.2. The number of esters is 1. The Morgan fingerprint density at radius 3 is 2.26 bits per heavy atom. The van der Waals surface area contributed by atoms with E-state index in [1.807, 2.05) is 0 Å². The number of methoxy groups -OCH3 is 1. The second-order valence-corrected chi connectivity index (χ2v) is 7.00. The summed E-state index contributed by atoms with van der Waals surface area (Å²) in [6.07, 6.45) is 5.13. The minimum absolute atomic E-state index is 0.0864. The van der Waals surface area contributed by atoms with E-state index in [1.165, 1.54) is 11.4 Å². The molecule has 1 N–H and O–H groups in total. The average molecular weight is 290 g/mol. The molecule has 2 rings (SSSR count). The zero-order chi connectivity index (χ0) is 13.9. The fraction of sp³-hybridized carbons (Fsp3) is 0.917. The van der Waals surface area contributed by atoms with Crippen LogP contribution in [0.3, 0.4) is 0 Å². The molecule has 7 heteroatoms. The molecule has 1 aliphatic heterocycles. The van der Waals surface area contributed by atoms with E-state index in [9.17, 15) is 13.2 Å². The number of carbonyl (C=O) groups excluding carboxylic acids is 1. The molecule has 0 atom stereocenters. The number of hydrogen-bond donors (Lipinski definition) is 1. The molecule has 1 saturated carbocycles. The Labute approximate surface area is 114 Å². The Morgan fingerprint density at radius 1 is 1.16 bits per heavy atom. The second-order valence-electron chi connectivity index (χ2n) is 5.30. The van der Waals surface area contributed by atoms with Gasteiger partial charge < -0.3 is 4.74 Å². The van der Waals surface area contributed by atoms with Crippen molar-refractivity contribution in [1.82, 2.24) is 9.03 Å². The summed E-state index contributed by atoms with van der Waals surface area (Å²) in [5.74, 6) is -0.399. The predicted octanol–water partition coefficient (Wildman–Crippen LogP) is 0.648. The molecule has 2 fully saturated rings. The van der Waals surface area contributed by atoms with Gasteiger partial charge in [-0.2, -0.15) is 17.4 Å². The molecule has 1 aliphatic carbocycles. The van der Waals surface area contributed by atoms with Crippen molar-refractivity contribution in [2.75, 3.05) is 20.2 Å². The van der Waals surface area contributed by atoms with Gasteiger partial charge in [-0.05, 0) is 25.7 Å². The van der Waals surface area contributed by atoms with Gasteiger partial charge in [-0.1, -0.05) is 12.8 Å². The van der Waals surface area contributed by atoms with Gasteiger partial charge in [0.05, 0.1) is 13.0 Å². The van der Waals surface area contributed by atoms with E-state index in [0.29, 0.717) is 25.9 Å². The van der Waals surface area contributed by atoms with Crippen LogP contribution in [0.1, 0.15) is 38.5 Å². The van der Waals surface area contributed by atoms with Crippen LogP contribution in [-0.4, -0.2) is 44.9 Å². The zero-order valence-electron chi connectivity index (χ0n) is 11.3. The molecule has 0 spiro atoms. The molecule has 0 amide bonds. The van der Waals surface area contributed by atoms with Gasteiger partial charge in [-0.3, -0.25) is 4.79 Å². The monoisotopic (exact) mass is 290 g/mol. The van der Waals surface area contributed by atoms with Gasteiger partial charge in [0.2, 0.25) is 0 Å². The van der Waals surface area contributed by atoms with Crippen molar-refractivity contribution >= 4 is 16.2 Å². The van der Waals surface area contributed by atoms with Gasteiger partial charge in [0, 0.05) is 19.1 Å². The molecule has 6 nitrogen and oxygen atoms in total. The fourth-order valence-corrected chi connectivity index (χ4v) is 4.32. The Kier molecular flexibility index (Phi) is 4.81. The molecule has 0 aromatic heterocycles.